The molecule has 0 spiro atoms. The number of morpholine rings is 1. The van der Waals surface area contributed by atoms with Crippen molar-refractivity contribution in [2.24, 2.45) is 0 Å². The van der Waals surface area contributed by atoms with Gasteiger partial charge in [0.1, 0.15) is 5.82 Å². The predicted octanol–water partition coefficient (Wildman–Crippen LogP) is 2.57. The number of nitrogens with one attached hydrogen (secondary N) is 1. The van der Waals surface area contributed by atoms with Crippen molar-refractivity contribution in [3.05, 3.63) is 60.3 Å². The van der Waals surface area contributed by atoms with Crippen molar-refractivity contribution in [1.82, 2.24) is 4.98 Å². The number of rotatable bonds is 4. The van der Waals surface area contributed by atoms with Gasteiger partial charge in [-0.1, -0.05) is 0 Å². The minimum absolute atomic E-state index is 0.00990. The fourth-order valence-electron chi connectivity index (χ4n) is 3.55. The van der Waals surface area contributed by atoms with E-state index >= 15 is 0 Å². The van der Waals surface area contributed by atoms with Crippen LogP contribution >= 0.6 is 0 Å². The van der Waals surface area contributed by atoms with Crippen molar-refractivity contribution in [2.45, 2.75) is 18.4 Å². The molecule has 4 rings (SSSR count). The van der Waals surface area contributed by atoms with Gasteiger partial charge in [-0.2, -0.15) is 13.2 Å². The minimum atomic E-state index is -4.50. The fraction of sp³-hybridized carbons (Fsp3) is 0.227. The number of aromatic nitrogens is 1. The number of carbonyl (C=O) groups excluding carboxylic acids is 2. The van der Waals surface area contributed by atoms with E-state index in [0.29, 0.717) is 22.3 Å². The van der Waals surface area contributed by atoms with Gasteiger partial charge in [-0.05, 0) is 53.9 Å². The number of anilines is 3. The summed E-state index contributed by atoms with van der Waals surface area (Å²) in [7, 11) is 0. The molecule has 8 nitrogen and oxygen atoms in total. The smallest absolute Gasteiger partial charge is 0.383 e. The van der Waals surface area contributed by atoms with Crippen molar-refractivity contribution >= 4 is 39.8 Å². The molecule has 0 aliphatic carbocycles. The van der Waals surface area contributed by atoms with Gasteiger partial charge in [-0.3, -0.25) is 9.59 Å². The highest BCUT2D eigenvalue weighted by Crippen LogP contribution is 2.31. The number of pyridine rings is 1. The number of fused-ring (bicyclic) bond motifs is 1. The van der Waals surface area contributed by atoms with Gasteiger partial charge in [0.2, 0.25) is 0 Å². The van der Waals surface area contributed by atoms with Gasteiger partial charge in [0.25, 0.3) is 11.8 Å². The number of halogens is 3. The van der Waals surface area contributed by atoms with Crippen molar-refractivity contribution in [1.29, 1.82) is 0 Å². The molecule has 11 heteroatoms. The Morgan fingerprint density at radius 3 is 2.64 bits per heavy atom. The molecular weight excluding hydrogens is 441 g/mol. The first-order valence-corrected chi connectivity index (χ1v) is 9.88. The molecule has 172 valence electrons. The zero-order chi connectivity index (χ0) is 23.8. The van der Waals surface area contributed by atoms with Crippen molar-refractivity contribution in [3.8, 4) is 0 Å². The van der Waals surface area contributed by atoms with Gasteiger partial charge < -0.3 is 25.8 Å². The number of alkyl halides is 3. The molecule has 0 radical (unpaired) electrons. The highest BCUT2D eigenvalue weighted by Gasteiger charge is 2.39. The average molecular weight is 460 g/mol. The Labute approximate surface area is 185 Å². The quantitative estimate of drug-likeness (QED) is 0.551. The molecule has 0 saturated carbocycles. The van der Waals surface area contributed by atoms with Crippen LogP contribution in [0.3, 0.4) is 0 Å². The Hall–Kier alpha value is -3.70. The summed E-state index contributed by atoms with van der Waals surface area (Å²) in [5.41, 5.74) is 5.52. The highest BCUT2D eigenvalue weighted by atomic mass is 19.4. The number of benzene rings is 2. The third-order valence-corrected chi connectivity index (χ3v) is 5.25. The Kier molecular flexibility index (Phi) is 5.91. The standard InChI is InChI=1S/C22H19F3N4O4/c23-22(24,25)13-1-4-15(5-2-13)29-9-10-33-18(21(29)32)17(30)20(31)28-14-3-6-16-12(11-14)7-8-27-19(16)26/h1-8,11,17-18,30H,9-10H2,(H2,26,27)(H,28,31)/t17-,18-/m1/s1. The van der Waals surface area contributed by atoms with E-state index in [-0.39, 0.29) is 18.8 Å². The van der Waals surface area contributed by atoms with Gasteiger partial charge >= 0.3 is 6.18 Å². The molecule has 2 atom stereocenters. The number of nitrogens with two attached hydrogens (primary N) is 1. The Balaban J connectivity index is 1.47. The normalized spacial score (nSPS) is 17.8. The van der Waals surface area contributed by atoms with E-state index in [1.165, 1.54) is 11.1 Å². The van der Waals surface area contributed by atoms with Crippen LogP contribution in [0.4, 0.5) is 30.4 Å². The maximum absolute atomic E-state index is 12.8. The third-order valence-electron chi connectivity index (χ3n) is 5.25. The molecule has 2 amide bonds. The number of aliphatic hydroxyl groups excluding tert-OH is 1. The molecule has 1 aromatic heterocycles. The van der Waals surface area contributed by atoms with E-state index < -0.39 is 35.8 Å². The third kappa shape index (κ3) is 4.59. The number of aliphatic hydroxyl groups is 1. The second kappa shape index (κ2) is 8.68. The topological polar surface area (TPSA) is 118 Å². The number of amides is 2. The van der Waals surface area contributed by atoms with E-state index in [9.17, 15) is 27.9 Å². The summed E-state index contributed by atoms with van der Waals surface area (Å²) in [4.78, 5) is 30.6. The monoisotopic (exact) mass is 460 g/mol. The number of hydrogen-bond acceptors (Lipinski definition) is 6. The molecule has 1 fully saturated rings. The van der Waals surface area contributed by atoms with Gasteiger partial charge in [-0.15, -0.1) is 0 Å². The van der Waals surface area contributed by atoms with Crippen LogP contribution in [-0.2, 0) is 20.5 Å². The van der Waals surface area contributed by atoms with E-state index in [1.807, 2.05) is 0 Å². The first-order chi connectivity index (χ1) is 15.6. The van der Waals surface area contributed by atoms with Crippen LogP contribution in [0.15, 0.2) is 54.7 Å². The van der Waals surface area contributed by atoms with Crippen LogP contribution < -0.4 is 16.0 Å². The number of hydrogen-bond donors (Lipinski definition) is 3. The summed E-state index contributed by atoms with van der Waals surface area (Å²) in [6, 6.07) is 10.6. The van der Waals surface area contributed by atoms with E-state index in [2.05, 4.69) is 10.3 Å². The predicted molar refractivity (Wildman–Crippen MR) is 114 cm³/mol. The Morgan fingerprint density at radius 1 is 1.21 bits per heavy atom. The second-order valence-electron chi connectivity index (χ2n) is 7.39. The molecule has 1 aliphatic heterocycles. The largest absolute Gasteiger partial charge is 0.416 e. The van der Waals surface area contributed by atoms with Gasteiger partial charge in [0.05, 0.1) is 12.2 Å². The van der Waals surface area contributed by atoms with Crippen LogP contribution in [0.5, 0.6) is 0 Å². The molecule has 2 aromatic carbocycles. The van der Waals surface area contributed by atoms with Crippen molar-refractivity contribution in [2.75, 3.05) is 29.1 Å². The fourth-order valence-corrected chi connectivity index (χ4v) is 3.55. The van der Waals surface area contributed by atoms with E-state index in [0.717, 1.165) is 24.3 Å². The van der Waals surface area contributed by atoms with Crippen LogP contribution in [0.25, 0.3) is 10.8 Å². The molecule has 4 N–H and O–H groups in total. The number of nitrogen functional groups attached to an aromatic ring is 1. The second-order valence-corrected chi connectivity index (χ2v) is 7.39. The number of ether oxygens (including phenoxy) is 1. The zero-order valence-corrected chi connectivity index (χ0v) is 17.0. The van der Waals surface area contributed by atoms with Gasteiger partial charge in [-0.25, -0.2) is 4.98 Å². The summed E-state index contributed by atoms with van der Waals surface area (Å²) in [5, 5.41) is 14.4. The molecule has 1 aliphatic rings. The lowest BCUT2D eigenvalue weighted by molar-refractivity contribution is -0.150. The van der Waals surface area contributed by atoms with Crippen molar-refractivity contribution < 1.29 is 32.6 Å². The summed E-state index contributed by atoms with van der Waals surface area (Å²) in [6.07, 6.45) is -6.34. The minimum Gasteiger partial charge on any atom is -0.383 e. The maximum atomic E-state index is 12.8. The summed E-state index contributed by atoms with van der Waals surface area (Å²) in [5.74, 6) is -1.28. The lowest BCUT2D eigenvalue weighted by Crippen LogP contribution is -2.55. The van der Waals surface area contributed by atoms with E-state index in [1.54, 1.807) is 24.3 Å². The van der Waals surface area contributed by atoms with Crippen LogP contribution in [0, 0.1) is 0 Å². The Morgan fingerprint density at radius 2 is 1.94 bits per heavy atom. The number of nitrogens with zero attached hydrogens (tertiary/aromatic N) is 2. The molecule has 33 heavy (non-hydrogen) atoms. The van der Waals surface area contributed by atoms with Gasteiger partial charge in [0, 0.05) is 29.5 Å². The molecule has 0 bridgehead atoms. The first kappa shape index (κ1) is 22.5. The SMILES string of the molecule is Nc1nccc2cc(NC(=O)[C@H](O)[C@H]3OCCN(c4ccc(C(F)(F)F)cc4)C3=O)ccc12. The Bertz CT molecular complexity index is 1200. The number of carbonyl (C=O) groups is 2. The molecule has 3 aromatic rings. The molecule has 2 heterocycles. The first-order valence-electron chi connectivity index (χ1n) is 9.88. The maximum Gasteiger partial charge on any atom is 0.416 e. The lowest BCUT2D eigenvalue weighted by atomic mass is 10.1. The van der Waals surface area contributed by atoms with Crippen LogP contribution in [0.2, 0.25) is 0 Å². The van der Waals surface area contributed by atoms with Gasteiger partial charge in [0.15, 0.2) is 12.2 Å². The zero-order valence-electron chi connectivity index (χ0n) is 17.0. The summed E-state index contributed by atoms with van der Waals surface area (Å²) >= 11 is 0. The molecule has 0 unspecified atom stereocenters. The highest BCUT2D eigenvalue weighted by molar-refractivity contribution is 6.04. The average Bonchev–Trinajstić information content (AvgIpc) is 2.78. The van der Waals surface area contributed by atoms with Crippen LogP contribution in [-0.4, -0.2) is 47.3 Å². The van der Waals surface area contributed by atoms with Crippen molar-refractivity contribution in [3.63, 3.8) is 0 Å². The molecular formula is C22H19F3N4O4. The molecule has 1 saturated heterocycles. The van der Waals surface area contributed by atoms with E-state index in [4.69, 9.17) is 10.5 Å². The lowest BCUT2D eigenvalue weighted by Gasteiger charge is -2.34. The van der Waals surface area contributed by atoms with Crippen LogP contribution in [0.1, 0.15) is 5.56 Å². The summed E-state index contributed by atoms with van der Waals surface area (Å²) < 4.78 is 43.7. The summed E-state index contributed by atoms with van der Waals surface area (Å²) in [6.45, 7) is 0.0548.